The zero-order valence-electron chi connectivity index (χ0n) is 15.8. The van der Waals surface area contributed by atoms with E-state index in [0.717, 1.165) is 50.1 Å². The van der Waals surface area contributed by atoms with Crippen LogP contribution in [0.3, 0.4) is 0 Å². The van der Waals surface area contributed by atoms with Crippen molar-refractivity contribution in [2.24, 2.45) is 16.3 Å². The molecule has 5 heteroatoms. The minimum Gasteiger partial charge on any atom is -0.490 e. The van der Waals surface area contributed by atoms with Crippen molar-refractivity contribution in [3.8, 4) is 5.75 Å². The fraction of sp³-hybridized carbons (Fsp3) is 0.667. The summed E-state index contributed by atoms with van der Waals surface area (Å²) in [7, 11) is 1.92. The molecular weight excluding hydrogens is 437 g/mol. The molecule has 0 aromatic heterocycles. The van der Waals surface area contributed by atoms with E-state index in [1.54, 1.807) is 0 Å². The van der Waals surface area contributed by atoms with Crippen molar-refractivity contribution in [2.45, 2.75) is 51.0 Å². The van der Waals surface area contributed by atoms with Crippen LogP contribution in [0.15, 0.2) is 35.3 Å². The molecular formula is C21H32IN3O. The molecule has 3 fully saturated rings. The highest BCUT2D eigenvalue weighted by atomic mass is 127. The Morgan fingerprint density at radius 3 is 2.38 bits per heavy atom. The van der Waals surface area contributed by atoms with Crippen molar-refractivity contribution in [1.29, 1.82) is 0 Å². The van der Waals surface area contributed by atoms with Crippen molar-refractivity contribution in [2.75, 3.05) is 26.7 Å². The smallest absolute Gasteiger partial charge is 0.193 e. The number of guanidine groups is 1. The first-order chi connectivity index (χ1) is 12.3. The van der Waals surface area contributed by atoms with Crippen molar-refractivity contribution in [1.82, 2.24) is 10.2 Å². The van der Waals surface area contributed by atoms with Crippen LogP contribution in [-0.4, -0.2) is 43.6 Å². The van der Waals surface area contributed by atoms with Crippen LogP contribution < -0.4 is 10.1 Å². The minimum absolute atomic E-state index is 0. The summed E-state index contributed by atoms with van der Waals surface area (Å²) in [6.07, 6.45) is 9.57. The van der Waals surface area contributed by atoms with Gasteiger partial charge in [0.15, 0.2) is 5.96 Å². The van der Waals surface area contributed by atoms with E-state index >= 15 is 0 Å². The lowest BCUT2D eigenvalue weighted by atomic mass is 9.65. The second kappa shape index (κ2) is 8.81. The first kappa shape index (κ1) is 19.8. The molecule has 1 N–H and O–H groups in total. The van der Waals surface area contributed by atoms with Gasteiger partial charge in [-0.3, -0.25) is 4.99 Å². The maximum absolute atomic E-state index is 6.11. The molecule has 1 heterocycles. The molecule has 1 aliphatic heterocycles. The van der Waals surface area contributed by atoms with Gasteiger partial charge in [-0.05, 0) is 49.1 Å². The molecule has 4 nitrogen and oxygen atoms in total. The molecule has 0 amide bonds. The molecule has 26 heavy (non-hydrogen) atoms. The Morgan fingerprint density at radius 2 is 1.85 bits per heavy atom. The second-order valence-electron chi connectivity index (χ2n) is 8.01. The molecule has 1 aromatic rings. The van der Waals surface area contributed by atoms with Gasteiger partial charge in [0.1, 0.15) is 11.9 Å². The molecule has 0 bridgehead atoms. The van der Waals surface area contributed by atoms with Crippen LogP contribution in [0, 0.1) is 11.3 Å². The van der Waals surface area contributed by atoms with E-state index in [4.69, 9.17) is 4.74 Å². The lowest BCUT2D eigenvalue weighted by Gasteiger charge is -2.44. The number of para-hydroxylation sites is 1. The number of hydrogen-bond acceptors (Lipinski definition) is 2. The highest BCUT2D eigenvalue weighted by Crippen LogP contribution is 2.56. The Labute approximate surface area is 174 Å². The van der Waals surface area contributed by atoms with E-state index in [0.29, 0.717) is 11.5 Å². The zero-order chi connectivity index (χ0) is 17.1. The summed E-state index contributed by atoms with van der Waals surface area (Å²) in [6, 6.07) is 10.2. The molecule has 2 aliphatic carbocycles. The van der Waals surface area contributed by atoms with E-state index in [-0.39, 0.29) is 24.0 Å². The van der Waals surface area contributed by atoms with Crippen molar-refractivity contribution < 1.29 is 4.74 Å². The molecule has 144 valence electrons. The number of aliphatic imine (C=N–C) groups is 1. The number of nitrogens with one attached hydrogen (secondary N) is 1. The zero-order valence-corrected chi connectivity index (χ0v) is 18.2. The van der Waals surface area contributed by atoms with Crippen LogP contribution in [0.2, 0.25) is 0 Å². The highest BCUT2D eigenvalue weighted by Gasteiger charge is 2.48. The van der Waals surface area contributed by atoms with Crippen LogP contribution in [0.5, 0.6) is 5.75 Å². The predicted octanol–water partition coefficient (Wildman–Crippen LogP) is 4.30. The van der Waals surface area contributed by atoms with Crippen molar-refractivity contribution in [3.05, 3.63) is 30.3 Å². The number of rotatable bonds is 5. The number of nitrogens with zero attached hydrogens (tertiary/aromatic N) is 2. The third-order valence-electron chi connectivity index (χ3n) is 6.39. The molecule has 1 saturated heterocycles. The van der Waals surface area contributed by atoms with Gasteiger partial charge in [0.2, 0.25) is 0 Å². The largest absolute Gasteiger partial charge is 0.490 e. The summed E-state index contributed by atoms with van der Waals surface area (Å²) < 4.78 is 6.11. The fourth-order valence-corrected chi connectivity index (χ4v) is 4.52. The van der Waals surface area contributed by atoms with Crippen LogP contribution >= 0.6 is 24.0 Å². The van der Waals surface area contributed by atoms with Crippen LogP contribution in [0.1, 0.15) is 44.9 Å². The van der Waals surface area contributed by atoms with Gasteiger partial charge < -0.3 is 15.0 Å². The van der Waals surface area contributed by atoms with Crippen LogP contribution in [0.25, 0.3) is 0 Å². The number of halogens is 1. The van der Waals surface area contributed by atoms with Gasteiger partial charge >= 0.3 is 0 Å². The molecule has 1 aromatic carbocycles. The number of likely N-dealkylation sites (tertiary alicyclic amines) is 1. The monoisotopic (exact) mass is 469 g/mol. The standard InChI is InChI=1S/C21H31N3O.HI/c1-22-20(23-16-21(12-5-13-21)17-8-9-17)24-14-10-19(11-15-24)25-18-6-3-2-4-7-18;/h2-4,6-7,17,19H,5,8-16H2,1H3,(H,22,23);1H. The first-order valence-electron chi connectivity index (χ1n) is 9.96. The lowest BCUT2D eigenvalue weighted by Crippen LogP contribution is -2.51. The molecule has 0 spiro atoms. The third kappa shape index (κ3) is 4.46. The van der Waals surface area contributed by atoms with Gasteiger partial charge in [0.05, 0.1) is 0 Å². The summed E-state index contributed by atoms with van der Waals surface area (Å²) in [5.74, 6) is 3.06. The van der Waals surface area contributed by atoms with Gasteiger partial charge in [-0.15, -0.1) is 24.0 Å². The Hall–Kier alpha value is -0.980. The Balaban J connectivity index is 0.00000196. The van der Waals surface area contributed by atoms with Crippen molar-refractivity contribution >= 4 is 29.9 Å². The van der Waals surface area contributed by atoms with Gasteiger partial charge in [0, 0.05) is 39.5 Å². The van der Waals surface area contributed by atoms with Gasteiger partial charge in [-0.1, -0.05) is 24.6 Å². The molecule has 0 atom stereocenters. The molecule has 3 aliphatic rings. The fourth-order valence-electron chi connectivity index (χ4n) is 4.52. The second-order valence-corrected chi connectivity index (χ2v) is 8.01. The van der Waals surface area contributed by atoms with Gasteiger partial charge in [0.25, 0.3) is 0 Å². The minimum atomic E-state index is 0. The summed E-state index contributed by atoms with van der Waals surface area (Å²) in [5.41, 5.74) is 0.588. The highest BCUT2D eigenvalue weighted by molar-refractivity contribution is 14.0. The molecule has 4 rings (SSSR count). The Morgan fingerprint density at radius 1 is 1.15 bits per heavy atom. The maximum Gasteiger partial charge on any atom is 0.193 e. The number of ether oxygens (including phenoxy) is 1. The molecule has 2 saturated carbocycles. The average molecular weight is 469 g/mol. The van der Waals surface area contributed by atoms with E-state index in [9.17, 15) is 0 Å². The lowest BCUT2D eigenvalue weighted by molar-refractivity contribution is 0.101. The van der Waals surface area contributed by atoms with Crippen LogP contribution in [-0.2, 0) is 0 Å². The topological polar surface area (TPSA) is 36.9 Å². The SMILES string of the molecule is CN=C(NCC1(C2CC2)CCC1)N1CCC(Oc2ccccc2)CC1.I. The van der Waals surface area contributed by atoms with Crippen molar-refractivity contribution in [3.63, 3.8) is 0 Å². The average Bonchev–Trinajstić information content (AvgIpc) is 3.45. The summed E-state index contributed by atoms with van der Waals surface area (Å²) >= 11 is 0. The van der Waals surface area contributed by atoms with E-state index in [1.165, 1.54) is 32.1 Å². The summed E-state index contributed by atoms with van der Waals surface area (Å²) in [6.45, 7) is 3.16. The van der Waals surface area contributed by atoms with Gasteiger partial charge in [-0.25, -0.2) is 0 Å². The maximum atomic E-state index is 6.11. The normalized spacial score (nSPS) is 23.0. The number of hydrogen-bond donors (Lipinski definition) is 1. The summed E-state index contributed by atoms with van der Waals surface area (Å²) in [4.78, 5) is 6.96. The van der Waals surface area contributed by atoms with Gasteiger partial charge in [-0.2, -0.15) is 0 Å². The molecule has 0 radical (unpaired) electrons. The quantitative estimate of drug-likeness (QED) is 0.397. The van der Waals surface area contributed by atoms with E-state index < -0.39 is 0 Å². The van der Waals surface area contributed by atoms with Crippen LogP contribution in [0.4, 0.5) is 0 Å². The number of piperidine rings is 1. The predicted molar refractivity (Wildman–Crippen MR) is 117 cm³/mol. The molecule has 0 unspecified atom stereocenters. The Bertz CT molecular complexity index is 591. The Kier molecular flexibility index (Phi) is 6.70. The first-order valence-corrected chi connectivity index (χ1v) is 9.96. The summed E-state index contributed by atoms with van der Waals surface area (Å²) in [5, 5.41) is 3.70. The third-order valence-corrected chi connectivity index (χ3v) is 6.39. The number of benzene rings is 1. The van der Waals surface area contributed by atoms with E-state index in [1.807, 2.05) is 37.4 Å². The van der Waals surface area contributed by atoms with E-state index in [2.05, 4.69) is 15.2 Å².